The summed E-state index contributed by atoms with van der Waals surface area (Å²) in [4.78, 5) is 34.9. The zero-order valence-corrected chi connectivity index (χ0v) is 14.8. The van der Waals surface area contributed by atoms with E-state index in [1.165, 1.54) is 0 Å². The molecular weight excluding hydrogens is 348 g/mol. The van der Waals surface area contributed by atoms with Crippen LogP contribution in [0.2, 0.25) is 0 Å². The fraction of sp³-hybridized carbons (Fsp3) is 0.250. The molecule has 3 N–H and O–H groups in total. The fourth-order valence-electron chi connectivity index (χ4n) is 2.37. The first-order chi connectivity index (χ1) is 13.0. The third kappa shape index (κ3) is 7.60. The van der Waals surface area contributed by atoms with Gasteiger partial charge in [-0.15, -0.1) is 0 Å². The van der Waals surface area contributed by atoms with Crippen LogP contribution in [0.1, 0.15) is 17.5 Å². The van der Waals surface area contributed by atoms with Gasteiger partial charge in [0.2, 0.25) is 5.91 Å². The number of nitrogens with one attached hydrogen (secondary N) is 2. The van der Waals surface area contributed by atoms with Crippen LogP contribution in [-0.2, 0) is 27.4 Å². The van der Waals surface area contributed by atoms with Crippen LogP contribution < -0.4 is 10.6 Å². The number of carboxylic acid groups (broad SMARTS) is 1. The summed E-state index contributed by atoms with van der Waals surface area (Å²) >= 11 is 0. The molecule has 142 valence electrons. The normalized spacial score (nSPS) is 11.3. The maximum atomic E-state index is 11.9. The summed E-state index contributed by atoms with van der Waals surface area (Å²) < 4.78 is 5.03. The van der Waals surface area contributed by atoms with E-state index in [0.29, 0.717) is 0 Å². The largest absolute Gasteiger partial charge is 0.480 e. The highest BCUT2D eigenvalue weighted by Gasteiger charge is 2.20. The molecule has 0 radical (unpaired) electrons. The number of amides is 2. The molecule has 0 aliphatic rings. The third-order valence-electron chi connectivity index (χ3n) is 3.75. The van der Waals surface area contributed by atoms with E-state index in [4.69, 9.17) is 4.74 Å². The number of alkyl carbamates (subject to hydrolysis) is 1. The Hall–Kier alpha value is -3.35. The molecule has 2 rings (SSSR count). The Morgan fingerprint density at radius 2 is 1.52 bits per heavy atom. The number of carbonyl (C=O) groups excluding carboxylic acids is 2. The number of benzene rings is 2. The molecule has 2 aromatic carbocycles. The lowest BCUT2D eigenvalue weighted by Gasteiger charge is -2.15. The van der Waals surface area contributed by atoms with E-state index in [9.17, 15) is 19.5 Å². The summed E-state index contributed by atoms with van der Waals surface area (Å²) in [5.41, 5.74) is 1.67. The van der Waals surface area contributed by atoms with Crippen LogP contribution in [-0.4, -0.2) is 35.7 Å². The van der Waals surface area contributed by atoms with Crippen molar-refractivity contribution in [2.75, 3.05) is 6.54 Å². The van der Waals surface area contributed by atoms with E-state index >= 15 is 0 Å². The highest BCUT2D eigenvalue weighted by molar-refractivity contribution is 5.84. The molecule has 0 spiro atoms. The van der Waals surface area contributed by atoms with E-state index < -0.39 is 24.0 Å². The number of carbonyl (C=O) groups is 3. The van der Waals surface area contributed by atoms with Gasteiger partial charge in [0.05, 0.1) is 0 Å². The second-order valence-electron chi connectivity index (χ2n) is 5.89. The van der Waals surface area contributed by atoms with E-state index in [0.717, 1.165) is 11.1 Å². The van der Waals surface area contributed by atoms with E-state index in [1.54, 1.807) is 24.3 Å². The number of ether oxygens (including phenoxy) is 1. The van der Waals surface area contributed by atoms with Gasteiger partial charge >= 0.3 is 12.1 Å². The van der Waals surface area contributed by atoms with E-state index in [1.807, 2.05) is 36.4 Å². The average molecular weight is 370 g/mol. The number of aliphatic carboxylic acids is 1. The minimum atomic E-state index is -1.11. The van der Waals surface area contributed by atoms with Gasteiger partial charge in [-0.3, -0.25) is 4.79 Å². The highest BCUT2D eigenvalue weighted by atomic mass is 16.5. The maximum absolute atomic E-state index is 11.9. The van der Waals surface area contributed by atoms with Crippen LogP contribution >= 0.6 is 0 Å². The fourth-order valence-corrected chi connectivity index (χ4v) is 2.37. The molecule has 0 aliphatic carbocycles. The zero-order chi connectivity index (χ0) is 19.5. The lowest BCUT2D eigenvalue weighted by molar-refractivity contribution is -0.141. The van der Waals surface area contributed by atoms with Gasteiger partial charge in [0.15, 0.2) is 0 Å². The molecule has 7 nitrogen and oxygen atoms in total. The second kappa shape index (κ2) is 10.6. The summed E-state index contributed by atoms with van der Waals surface area (Å²) in [5.74, 6) is -1.57. The lowest BCUT2D eigenvalue weighted by atomic mass is 10.1. The van der Waals surface area contributed by atoms with Gasteiger partial charge in [0.1, 0.15) is 12.6 Å². The first-order valence-corrected chi connectivity index (χ1v) is 8.55. The van der Waals surface area contributed by atoms with Crippen LogP contribution in [0.3, 0.4) is 0 Å². The minimum Gasteiger partial charge on any atom is -0.480 e. The summed E-state index contributed by atoms with van der Waals surface area (Å²) in [6.07, 6.45) is -0.487. The second-order valence-corrected chi connectivity index (χ2v) is 5.89. The van der Waals surface area contributed by atoms with Crippen molar-refractivity contribution in [2.45, 2.75) is 25.5 Å². The van der Waals surface area contributed by atoms with Gasteiger partial charge in [-0.25, -0.2) is 9.59 Å². The maximum Gasteiger partial charge on any atom is 0.407 e. The predicted octanol–water partition coefficient (Wildman–Crippen LogP) is 2.12. The molecule has 0 aliphatic heterocycles. The Bertz CT molecular complexity index is 749. The minimum absolute atomic E-state index is 0.0427. The Kier molecular flexibility index (Phi) is 7.84. The number of rotatable bonds is 9. The first-order valence-electron chi connectivity index (χ1n) is 8.55. The van der Waals surface area contributed by atoms with E-state index in [2.05, 4.69) is 10.6 Å². The summed E-state index contributed by atoms with van der Waals surface area (Å²) in [7, 11) is 0. The Balaban J connectivity index is 1.69. The number of carboxylic acids is 1. The highest BCUT2D eigenvalue weighted by Crippen LogP contribution is 2.04. The monoisotopic (exact) mass is 370 g/mol. The zero-order valence-electron chi connectivity index (χ0n) is 14.8. The Morgan fingerprint density at radius 1 is 0.926 bits per heavy atom. The van der Waals surface area contributed by atoms with Crippen molar-refractivity contribution in [2.24, 2.45) is 0 Å². The molecule has 0 bridgehead atoms. The van der Waals surface area contributed by atoms with Crippen LogP contribution in [0.4, 0.5) is 4.79 Å². The molecule has 2 aromatic rings. The van der Waals surface area contributed by atoms with Crippen molar-refractivity contribution in [1.29, 1.82) is 0 Å². The Labute approximate surface area is 157 Å². The van der Waals surface area contributed by atoms with Gasteiger partial charge in [-0.05, 0) is 11.1 Å². The topological polar surface area (TPSA) is 105 Å². The molecule has 1 atom stereocenters. The lowest BCUT2D eigenvalue weighted by Crippen LogP contribution is -2.43. The molecular formula is C20H22N2O5. The molecule has 1 unspecified atom stereocenters. The summed E-state index contributed by atoms with van der Waals surface area (Å²) in [6.45, 7) is 0.189. The van der Waals surface area contributed by atoms with Crippen molar-refractivity contribution in [3.8, 4) is 0 Å². The first kappa shape index (κ1) is 20.0. The van der Waals surface area contributed by atoms with Gasteiger partial charge in [0, 0.05) is 19.4 Å². The predicted molar refractivity (Wildman–Crippen MR) is 99.0 cm³/mol. The standard InChI is InChI=1S/C20H22N2O5/c23-18(22-17(19(24)25)13-15-7-3-1-4-8-15)11-12-21-20(26)27-14-16-9-5-2-6-10-16/h1-10,17H,11-14H2,(H,21,26)(H,22,23)(H,24,25). The molecule has 0 saturated carbocycles. The van der Waals surface area contributed by atoms with Crippen LogP contribution in [0.5, 0.6) is 0 Å². The summed E-state index contributed by atoms with van der Waals surface area (Å²) in [6, 6.07) is 17.2. The van der Waals surface area contributed by atoms with Gasteiger partial charge in [-0.1, -0.05) is 60.7 Å². The Morgan fingerprint density at radius 3 is 2.11 bits per heavy atom. The third-order valence-corrected chi connectivity index (χ3v) is 3.75. The summed E-state index contributed by atoms with van der Waals surface area (Å²) in [5, 5.41) is 14.2. The van der Waals surface area contributed by atoms with Gasteiger partial charge < -0.3 is 20.5 Å². The molecule has 0 aromatic heterocycles. The quantitative estimate of drug-likeness (QED) is 0.627. The van der Waals surface area contributed by atoms with Gasteiger partial charge in [0.25, 0.3) is 0 Å². The molecule has 27 heavy (non-hydrogen) atoms. The molecule has 0 heterocycles. The smallest absolute Gasteiger partial charge is 0.407 e. The van der Waals surface area contributed by atoms with Crippen LogP contribution in [0.25, 0.3) is 0 Å². The van der Waals surface area contributed by atoms with Crippen molar-refractivity contribution >= 4 is 18.0 Å². The van der Waals surface area contributed by atoms with Crippen molar-refractivity contribution in [1.82, 2.24) is 10.6 Å². The van der Waals surface area contributed by atoms with Crippen molar-refractivity contribution in [3.05, 3.63) is 71.8 Å². The van der Waals surface area contributed by atoms with E-state index in [-0.39, 0.29) is 26.0 Å². The van der Waals surface area contributed by atoms with Crippen molar-refractivity contribution < 1.29 is 24.2 Å². The average Bonchev–Trinajstić information content (AvgIpc) is 2.67. The van der Waals surface area contributed by atoms with Crippen LogP contribution in [0, 0.1) is 0 Å². The SMILES string of the molecule is O=C(CCNC(=O)OCc1ccccc1)NC(Cc1ccccc1)C(=O)O. The molecule has 2 amide bonds. The van der Waals surface area contributed by atoms with Crippen molar-refractivity contribution in [3.63, 3.8) is 0 Å². The number of hydrogen-bond donors (Lipinski definition) is 3. The molecule has 7 heteroatoms. The molecule has 0 fully saturated rings. The number of hydrogen-bond acceptors (Lipinski definition) is 4. The molecule has 0 saturated heterocycles. The van der Waals surface area contributed by atoms with Crippen LogP contribution in [0.15, 0.2) is 60.7 Å². The van der Waals surface area contributed by atoms with Gasteiger partial charge in [-0.2, -0.15) is 0 Å².